The largest absolute Gasteiger partial charge is 0.398 e. The summed E-state index contributed by atoms with van der Waals surface area (Å²) in [6.07, 6.45) is 0. The first-order valence-electron chi connectivity index (χ1n) is 4.22. The van der Waals surface area contributed by atoms with E-state index in [0.29, 0.717) is 0 Å². The standard InChI is InChI=1S/C10H15NOS/c1-8-4-3-5-9(10(8)11)13-7-6-12-2/h3-5H,6-7,11H2,1-2H3. The third kappa shape index (κ3) is 2.94. The summed E-state index contributed by atoms with van der Waals surface area (Å²) in [7, 11) is 1.71. The Labute approximate surface area is 83.5 Å². The molecule has 2 nitrogen and oxygen atoms in total. The molecule has 0 unspecified atom stereocenters. The van der Waals surface area contributed by atoms with Gasteiger partial charge in [-0.25, -0.2) is 0 Å². The third-order valence-electron chi connectivity index (χ3n) is 1.83. The molecule has 0 radical (unpaired) electrons. The molecule has 2 N–H and O–H groups in total. The van der Waals surface area contributed by atoms with E-state index in [1.54, 1.807) is 18.9 Å². The molecule has 0 aliphatic heterocycles. The molecule has 0 aromatic heterocycles. The molecule has 0 spiro atoms. The summed E-state index contributed by atoms with van der Waals surface area (Å²) in [4.78, 5) is 1.15. The first-order chi connectivity index (χ1) is 6.25. The molecule has 0 atom stereocenters. The number of thioether (sulfide) groups is 1. The number of hydrogen-bond acceptors (Lipinski definition) is 3. The Kier molecular flexibility index (Phi) is 4.12. The minimum absolute atomic E-state index is 0.762. The number of anilines is 1. The fraction of sp³-hybridized carbons (Fsp3) is 0.400. The zero-order valence-corrected chi connectivity index (χ0v) is 8.86. The maximum absolute atomic E-state index is 5.90. The number of para-hydroxylation sites is 1. The van der Waals surface area contributed by atoms with Crippen molar-refractivity contribution in [1.29, 1.82) is 0 Å². The number of ether oxygens (including phenoxy) is 1. The monoisotopic (exact) mass is 197 g/mol. The van der Waals surface area contributed by atoms with Crippen molar-refractivity contribution in [2.24, 2.45) is 0 Å². The van der Waals surface area contributed by atoms with Crippen LogP contribution < -0.4 is 5.73 Å². The van der Waals surface area contributed by atoms with Gasteiger partial charge in [-0.3, -0.25) is 0 Å². The minimum Gasteiger partial charge on any atom is -0.398 e. The SMILES string of the molecule is COCCSc1cccc(C)c1N. The molecule has 3 heteroatoms. The van der Waals surface area contributed by atoms with Crippen molar-refractivity contribution >= 4 is 17.4 Å². The van der Waals surface area contributed by atoms with Crippen LogP contribution in [0.2, 0.25) is 0 Å². The predicted molar refractivity (Wildman–Crippen MR) is 58.2 cm³/mol. The first-order valence-corrected chi connectivity index (χ1v) is 5.21. The van der Waals surface area contributed by atoms with Crippen LogP contribution >= 0.6 is 11.8 Å². The van der Waals surface area contributed by atoms with E-state index in [9.17, 15) is 0 Å². The second-order valence-corrected chi connectivity index (χ2v) is 3.96. The summed E-state index contributed by atoms with van der Waals surface area (Å²) in [5.41, 5.74) is 7.94. The van der Waals surface area contributed by atoms with Gasteiger partial charge < -0.3 is 10.5 Å². The number of benzene rings is 1. The molecular weight excluding hydrogens is 182 g/mol. The van der Waals surface area contributed by atoms with Gasteiger partial charge >= 0.3 is 0 Å². The van der Waals surface area contributed by atoms with E-state index in [0.717, 1.165) is 28.5 Å². The molecule has 13 heavy (non-hydrogen) atoms. The van der Waals surface area contributed by atoms with Crippen molar-refractivity contribution in [1.82, 2.24) is 0 Å². The molecule has 1 rings (SSSR count). The Morgan fingerprint density at radius 2 is 2.23 bits per heavy atom. The minimum atomic E-state index is 0.762. The Bertz CT molecular complexity index is 276. The maximum atomic E-state index is 5.90. The van der Waals surface area contributed by atoms with Gasteiger partial charge in [0.05, 0.1) is 6.61 Å². The fourth-order valence-corrected chi connectivity index (χ4v) is 1.98. The summed E-state index contributed by atoms with van der Waals surface area (Å²) in [6.45, 7) is 2.79. The highest BCUT2D eigenvalue weighted by Crippen LogP contribution is 2.26. The molecule has 0 fully saturated rings. The quantitative estimate of drug-likeness (QED) is 0.457. The van der Waals surface area contributed by atoms with Crippen LogP contribution in [-0.4, -0.2) is 19.5 Å². The van der Waals surface area contributed by atoms with Crippen LogP contribution in [0.4, 0.5) is 5.69 Å². The Morgan fingerprint density at radius 3 is 2.92 bits per heavy atom. The number of aryl methyl sites for hydroxylation is 1. The number of nitrogens with two attached hydrogens (primary N) is 1. The van der Waals surface area contributed by atoms with E-state index in [2.05, 4.69) is 0 Å². The van der Waals surface area contributed by atoms with Gasteiger partial charge in [0.25, 0.3) is 0 Å². The Hall–Kier alpha value is -0.670. The van der Waals surface area contributed by atoms with Gasteiger partial charge in [-0.2, -0.15) is 0 Å². The smallest absolute Gasteiger partial charge is 0.0556 e. The van der Waals surface area contributed by atoms with Gasteiger partial charge in [-0.05, 0) is 18.6 Å². The number of methoxy groups -OCH3 is 1. The lowest BCUT2D eigenvalue weighted by Crippen LogP contribution is -1.95. The summed E-state index contributed by atoms with van der Waals surface area (Å²) in [5.74, 6) is 0.949. The van der Waals surface area contributed by atoms with E-state index < -0.39 is 0 Å². The second kappa shape index (κ2) is 5.14. The summed E-state index contributed by atoms with van der Waals surface area (Å²) in [6, 6.07) is 6.10. The van der Waals surface area contributed by atoms with Crippen molar-refractivity contribution in [3.63, 3.8) is 0 Å². The van der Waals surface area contributed by atoms with Gasteiger partial charge in [0.15, 0.2) is 0 Å². The van der Waals surface area contributed by atoms with Gasteiger partial charge in [-0.1, -0.05) is 12.1 Å². The van der Waals surface area contributed by atoms with Crippen molar-refractivity contribution in [2.45, 2.75) is 11.8 Å². The van der Waals surface area contributed by atoms with Crippen LogP contribution in [0.5, 0.6) is 0 Å². The van der Waals surface area contributed by atoms with E-state index in [1.165, 1.54) is 0 Å². The Balaban J connectivity index is 2.61. The van der Waals surface area contributed by atoms with Crippen molar-refractivity contribution in [3.8, 4) is 0 Å². The fourth-order valence-electron chi connectivity index (χ4n) is 1.01. The van der Waals surface area contributed by atoms with Crippen molar-refractivity contribution in [2.75, 3.05) is 25.2 Å². The zero-order chi connectivity index (χ0) is 9.68. The van der Waals surface area contributed by atoms with E-state index in [-0.39, 0.29) is 0 Å². The topological polar surface area (TPSA) is 35.2 Å². The van der Waals surface area contributed by atoms with Crippen LogP contribution in [0.3, 0.4) is 0 Å². The van der Waals surface area contributed by atoms with E-state index >= 15 is 0 Å². The number of rotatable bonds is 4. The number of hydrogen-bond donors (Lipinski definition) is 1. The highest BCUT2D eigenvalue weighted by Gasteiger charge is 2.00. The molecule has 1 aromatic carbocycles. The van der Waals surface area contributed by atoms with Crippen molar-refractivity contribution in [3.05, 3.63) is 23.8 Å². The second-order valence-electron chi connectivity index (χ2n) is 2.83. The Morgan fingerprint density at radius 1 is 1.46 bits per heavy atom. The first kappa shape index (κ1) is 10.4. The normalized spacial score (nSPS) is 10.3. The molecule has 0 aliphatic carbocycles. The van der Waals surface area contributed by atoms with Crippen molar-refractivity contribution < 1.29 is 4.74 Å². The predicted octanol–water partition coefficient (Wildman–Crippen LogP) is 2.32. The van der Waals surface area contributed by atoms with Crippen LogP contribution in [0, 0.1) is 6.92 Å². The van der Waals surface area contributed by atoms with Crippen LogP contribution in [0.25, 0.3) is 0 Å². The molecule has 0 saturated carbocycles. The average Bonchev–Trinajstić information content (AvgIpc) is 2.13. The van der Waals surface area contributed by atoms with Crippen LogP contribution in [0.15, 0.2) is 23.1 Å². The molecule has 0 saturated heterocycles. The lowest BCUT2D eigenvalue weighted by molar-refractivity contribution is 0.218. The van der Waals surface area contributed by atoms with E-state index in [4.69, 9.17) is 10.5 Å². The number of nitrogen functional groups attached to an aromatic ring is 1. The van der Waals surface area contributed by atoms with Gasteiger partial charge in [0.2, 0.25) is 0 Å². The molecule has 72 valence electrons. The highest BCUT2D eigenvalue weighted by atomic mass is 32.2. The summed E-state index contributed by atoms with van der Waals surface area (Å²) < 4.78 is 4.97. The van der Waals surface area contributed by atoms with Crippen LogP contribution in [-0.2, 0) is 4.74 Å². The average molecular weight is 197 g/mol. The highest BCUT2D eigenvalue weighted by molar-refractivity contribution is 7.99. The third-order valence-corrected chi connectivity index (χ3v) is 2.87. The summed E-state index contributed by atoms with van der Waals surface area (Å²) >= 11 is 1.74. The molecule has 0 aliphatic rings. The molecule has 0 bridgehead atoms. The van der Waals surface area contributed by atoms with Crippen LogP contribution in [0.1, 0.15) is 5.56 Å². The lowest BCUT2D eigenvalue weighted by Gasteiger charge is -2.06. The lowest BCUT2D eigenvalue weighted by atomic mass is 10.2. The van der Waals surface area contributed by atoms with Gasteiger partial charge in [-0.15, -0.1) is 11.8 Å². The maximum Gasteiger partial charge on any atom is 0.0556 e. The molecular formula is C10H15NOS. The van der Waals surface area contributed by atoms with Gasteiger partial charge in [0.1, 0.15) is 0 Å². The van der Waals surface area contributed by atoms with E-state index in [1.807, 2.05) is 25.1 Å². The molecule has 1 aromatic rings. The zero-order valence-electron chi connectivity index (χ0n) is 8.04. The summed E-state index contributed by atoms with van der Waals surface area (Å²) in [5, 5.41) is 0. The molecule has 0 heterocycles. The molecule has 0 amide bonds. The van der Waals surface area contributed by atoms with Gasteiger partial charge in [0, 0.05) is 23.4 Å².